The van der Waals surface area contributed by atoms with Gasteiger partial charge in [0.25, 0.3) is 0 Å². The summed E-state index contributed by atoms with van der Waals surface area (Å²) in [7, 11) is 1.81. The van der Waals surface area contributed by atoms with Gasteiger partial charge in [0.05, 0.1) is 0 Å². The first-order valence-corrected chi connectivity index (χ1v) is 8.53. The van der Waals surface area contributed by atoms with Crippen molar-refractivity contribution >= 4 is 17.6 Å². The second-order valence-corrected chi connectivity index (χ2v) is 6.17. The summed E-state index contributed by atoms with van der Waals surface area (Å²) in [6.07, 6.45) is 3.83. The zero-order valence-electron chi connectivity index (χ0n) is 13.6. The number of rotatable bonds is 6. The number of likely N-dealkylation sites (tertiary alicyclic amines) is 1. The highest BCUT2D eigenvalue weighted by molar-refractivity contribution is 6.30. The van der Waals surface area contributed by atoms with Gasteiger partial charge in [0.1, 0.15) is 0 Å². The molecule has 0 bridgehead atoms. The molecule has 1 unspecified atom stereocenters. The smallest absolute Gasteiger partial charge is 0.191 e. The molecule has 0 saturated carbocycles. The molecule has 1 atom stereocenters. The summed E-state index contributed by atoms with van der Waals surface area (Å²) in [4.78, 5) is 6.89. The Balaban J connectivity index is 1.77. The summed E-state index contributed by atoms with van der Waals surface area (Å²) in [6, 6.07) is 8.48. The lowest BCUT2D eigenvalue weighted by Gasteiger charge is -2.27. The highest BCUT2D eigenvalue weighted by atomic mass is 35.5. The highest BCUT2D eigenvalue weighted by Gasteiger charge is 2.20. The minimum Gasteiger partial charge on any atom is -0.355 e. The van der Waals surface area contributed by atoms with Crippen LogP contribution in [0.25, 0.3) is 0 Å². The van der Waals surface area contributed by atoms with Gasteiger partial charge in [-0.3, -0.25) is 9.89 Å². The lowest BCUT2D eigenvalue weighted by Crippen LogP contribution is -2.46. The summed E-state index contributed by atoms with van der Waals surface area (Å²) in [5.74, 6) is 0.854. The monoisotopic (exact) mass is 322 g/mol. The van der Waals surface area contributed by atoms with Crippen LogP contribution in [-0.2, 0) is 6.54 Å². The maximum atomic E-state index is 5.90. The molecule has 1 aliphatic rings. The van der Waals surface area contributed by atoms with E-state index in [0.717, 1.165) is 24.1 Å². The number of hydrogen-bond acceptors (Lipinski definition) is 2. The molecule has 2 rings (SSSR count). The lowest BCUT2D eigenvalue weighted by molar-refractivity contribution is 0.236. The van der Waals surface area contributed by atoms with Gasteiger partial charge in [-0.25, -0.2) is 0 Å². The van der Waals surface area contributed by atoms with E-state index in [1.54, 1.807) is 0 Å². The average molecular weight is 323 g/mol. The number of benzene rings is 1. The predicted octanol–water partition coefficient (Wildman–Crippen LogP) is 2.88. The molecule has 1 heterocycles. The number of hydrogen-bond donors (Lipinski definition) is 2. The number of guanidine groups is 1. The Bertz CT molecular complexity index is 466. The van der Waals surface area contributed by atoms with Crippen LogP contribution in [0.15, 0.2) is 29.3 Å². The zero-order valence-corrected chi connectivity index (χ0v) is 14.4. The maximum absolute atomic E-state index is 5.90. The lowest BCUT2D eigenvalue weighted by atomic mass is 10.2. The standard InChI is InChI=1S/C17H27ClN4/c1-3-16(22-10-4-5-11-22)13-21-17(19-2)20-12-14-6-8-15(18)9-7-14/h6-9,16H,3-5,10-13H2,1-2H3,(H2,19,20,21). The van der Waals surface area contributed by atoms with Crippen LogP contribution in [0.3, 0.4) is 0 Å². The third kappa shape index (κ3) is 5.18. The van der Waals surface area contributed by atoms with E-state index in [1.165, 1.54) is 37.9 Å². The Morgan fingerprint density at radius 2 is 1.91 bits per heavy atom. The van der Waals surface area contributed by atoms with Gasteiger partial charge >= 0.3 is 0 Å². The predicted molar refractivity (Wildman–Crippen MR) is 94.5 cm³/mol. The van der Waals surface area contributed by atoms with Crippen LogP contribution < -0.4 is 10.6 Å². The van der Waals surface area contributed by atoms with Crippen molar-refractivity contribution < 1.29 is 0 Å². The van der Waals surface area contributed by atoms with E-state index in [2.05, 4.69) is 27.4 Å². The van der Waals surface area contributed by atoms with Crippen LogP contribution in [0.4, 0.5) is 0 Å². The molecular weight excluding hydrogens is 296 g/mol. The molecule has 2 N–H and O–H groups in total. The fraction of sp³-hybridized carbons (Fsp3) is 0.588. The van der Waals surface area contributed by atoms with E-state index < -0.39 is 0 Å². The molecule has 22 heavy (non-hydrogen) atoms. The van der Waals surface area contributed by atoms with Crippen molar-refractivity contribution in [1.29, 1.82) is 0 Å². The van der Waals surface area contributed by atoms with E-state index in [4.69, 9.17) is 11.6 Å². The summed E-state index contributed by atoms with van der Waals surface area (Å²) in [6.45, 7) is 6.41. The molecule has 0 aromatic heterocycles. The van der Waals surface area contributed by atoms with Gasteiger partial charge in [0, 0.05) is 31.2 Å². The normalized spacial score (nSPS) is 17.5. The van der Waals surface area contributed by atoms with E-state index >= 15 is 0 Å². The fourth-order valence-electron chi connectivity index (χ4n) is 2.86. The van der Waals surface area contributed by atoms with Gasteiger partial charge in [0.15, 0.2) is 5.96 Å². The summed E-state index contributed by atoms with van der Waals surface area (Å²) in [5, 5.41) is 7.57. The van der Waals surface area contributed by atoms with Crippen molar-refractivity contribution in [2.24, 2.45) is 4.99 Å². The van der Waals surface area contributed by atoms with Crippen molar-refractivity contribution in [2.45, 2.75) is 38.8 Å². The largest absolute Gasteiger partial charge is 0.355 e. The van der Waals surface area contributed by atoms with Crippen LogP contribution >= 0.6 is 11.6 Å². The van der Waals surface area contributed by atoms with Gasteiger partial charge in [-0.15, -0.1) is 0 Å². The molecule has 1 aromatic carbocycles. The molecule has 1 aromatic rings. The third-order valence-corrected chi connectivity index (χ3v) is 4.48. The van der Waals surface area contributed by atoms with E-state index in [-0.39, 0.29) is 0 Å². The van der Waals surface area contributed by atoms with Crippen molar-refractivity contribution in [2.75, 3.05) is 26.7 Å². The minimum absolute atomic E-state index is 0.594. The molecule has 122 valence electrons. The van der Waals surface area contributed by atoms with E-state index in [0.29, 0.717) is 6.04 Å². The molecule has 0 radical (unpaired) electrons. The summed E-state index contributed by atoms with van der Waals surface area (Å²) >= 11 is 5.90. The molecule has 4 nitrogen and oxygen atoms in total. The summed E-state index contributed by atoms with van der Waals surface area (Å²) < 4.78 is 0. The molecule has 0 amide bonds. The minimum atomic E-state index is 0.594. The van der Waals surface area contributed by atoms with Crippen LogP contribution in [0.2, 0.25) is 5.02 Å². The molecule has 1 aliphatic heterocycles. The van der Waals surface area contributed by atoms with Gasteiger partial charge in [-0.05, 0) is 50.0 Å². The number of nitrogens with one attached hydrogen (secondary N) is 2. The van der Waals surface area contributed by atoms with Gasteiger partial charge in [-0.1, -0.05) is 30.7 Å². The van der Waals surface area contributed by atoms with Gasteiger partial charge in [-0.2, -0.15) is 0 Å². The molecule has 0 spiro atoms. The van der Waals surface area contributed by atoms with Crippen molar-refractivity contribution in [3.8, 4) is 0 Å². The van der Waals surface area contributed by atoms with E-state index in [1.807, 2.05) is 31.3 Å². The van der Waals surface area contributed by atoms with Gasteiger partial charge < -0.3 is 10.6 Å². The van der Waals surface area contributed by atoms with Crippen molar-refractivity contribution in [3.63, 3.8) is 0 Å². The van der Waals surface area contributed by atoms with Crippen LogP contribution in [0.5, 0.6) is 0 Å². The Morgan fingerprint density at radius 3 is 2.50 bits per heavy atom. The summed E-state index contributed by atoms with van der Waals surface area (Å²) in [5.41, 5.74) is 1.19. The van der Waals surface area contributed by atoms with Crippen LogP contribution in [0, 0.1) is 0 Å². The first kappa shape index (κ1) is 17.1. The van der Waals surface area contributed by atoms with Crippen LogP contribution in [-0.4, -0.2) is 43.6 Å². The first-order chi connectivity index (χ1) is 10.7. The SMILES string of the molecule is CCC(CNC(=NC)NCc1ccc(Cl)cc1)N1CCCC1. The fourth-order valence-corrected chi connectivity index (χ4v) is 2.99. The van der Waals surface area contributed by atoms with Gasteiger partial charge in [0.2, 0.25) is 0 Å². The zero-order chi connectivity index (χ0) is 15.8. The Kier molecular flexibility index (Phi) is 7.00. The average Bonchev–Trinajstić information content (AvgIpc) is 3.07. The van der Waals surface area contributed by atoms with Crippen LogP contribution in [0.1, 0.15) is 31.7 Å². The first-order valence-electron chi connectivity index (χ1n) is 8.16. The second kappa shape index (κ2) is 9.01. The molecular formula is C17H27ClN4. The second-order valence-electron chi connectivity index (χ2n) is 5.74. The quantitative estimate of drug-likeness (QED) is 0.625. The number of aliphatic imine (C=N–C) groups is 1. The van der Waals surface area contributed by atoms with E-state index in [9.17, 15) is 0 Å². The highest BCUT2D eigenvalue weighted by Crippen LogP contribution is 2.13. The Labute approximate surface area is 138 Å². The van der Waals surface area contributed by atoms with Crippen molar-refractivity contribution in [1.82, 2.24) is 15.5 Å². The third-order valence-electron chi connectivity index (χ3n) is 4.23. The molecule has 5 heteroatoms. The molecule has 1 fully saturated rings. The Morgan fingerprint density at radius 1 is 1.23 bits per heavy atom. The Hall–Kier alpha value is -1.26. The number of nitrogens with zero attached hydrogens (tertiary/aromatic N) is 2. The maximum Gasteiger partial charge on any atom is 0.191 e. The topological polar surface area (TPSA) is 39.7 Å². The molecule has 1 saturated heterocycles. The number of halogens is 1. The molecule has 0 aliphatic carbocycles. The van der Waals surface area contributed by atoms with Crippen molar-refractivity contribution in [3.05, 3.63) is 34.9 Å².